The molecular formula is C19H16N6O. The summed E-state index contributed by atoms with van der Waals surface area (Å²) in [5.41, 5.74) is 2.98. The molecule has 2 aromatic rings. The highest BCUT2D eigenvalue weighted by Gasteiger charge is 2.39. The summed E-state index contributed by atoms with van der Waals surface area (Å²) >= 11 is 0. The Kier molecular flexibility index (Phi) is 3.78. The summed E-state index contributed by atoms with van der Waals surface area (Å²) in [6.45, 7) is 3.08. The Morgan fingerprint density at radius 1 is 1.23 bits per heavy atom. The number of likely N-dealkylation sites (tertiary alicyclic amines) is 1. The molecule has 1 saturated heterocycles. The number of carbonyl (C=O) groups is 1. The first-order valence-electron chi connectivity index (χ1n) is 8.44. The lowest BCUT2D eigenvalue weighted by Gasteiger charge is -2.22. The number of aromatic nitrogens is 2. The second kappa shape index (κ2) is 6.12. The largest absolute Gasteiger partial charge is 0.328 e. The molecule has 0 bridgehead atoms. The third-order valence-electron chi connectivity index (χ3n) is 5.06. The summed E-state index contributed by atoms with van der Waals surface area (Å²) in [6.07, 6.45) is 4.54. The van der Waals surface area contributed by atoms with Gasteiger partial charge in [-0.05, 0) is 31.5 Å². The number of rotatable bonds is 2. The SMILES string of the molecule is C[C@@H]1C[C@@H](N2Cc3ccc(-c4cc(C#N)ccn4)nc3C2=O)CN1C#N. The molecule has 7 nitrogen and oxygen atoms in total. The fraction of sp³-hybridized carbons (Fsp3) is 0.316. The monoisotopic (exact) mass is 344 g/mol. The van der Waals surface area contributed by atoms with E-state index >= 15 is 0 Å². The van der Waals surface area contributed by atoms with Crippen LogP contribution >= 0.6 is 0 Å². The minimum Gasteiger partial charge on any atom is -0.328 e. The van der Waals surface area contributed by atoms with Crippen LogP contribution in [0.5, 0.6) is 0 Å². The van der Waals surface area contributed by atoms with Crippen LogP contribution in [-0.4, -0.2) is 44.3 Å². The number of fused-ring (bicyclic) bond motifs is 1. The van der Waals surface area contributed by atoms with Crippen molar-refractivity contribution in [3.8, 4) is 23.7 Å². The Hall–Kier alpha value is -3.45. The maximum atomic E-state index is 12.9. The van der Waals surface area contributed by atoms with E-state index in [9.17, 15) is 10.1 Å². The maximum Gasteiger partial charge on any atom is 0.273 e. The molecule has 4 heterocycles. The minimum atomic E-state index is -0.102. The van der Waals surface area contributed by atoms with Crippen molar-refractivity contribution in [3.05, 3.63) is 47.3 Å². The highest BCUT2D eigenvalue weighted by molar-refractivity contribution is 5.97. The Morgan fingerprint density at radius 2 is 2.08 bits per heavy atom. The van der Waals surface area contributed by atoms with Crippen molar-refractivity contribution in [2.75, 3.05) is 6.54 Å². The lowest BCUT2D eigenvalue weighted by Crippen LogP contribution is -2.37. The fourth-order valence-corrected chi connectivity index (χ4v) is 3.64. The summed E-state index contributed by atoms with van der Waals surface area (Å²) < 4.78 is 0. The van der Waals surface area contributed by atoms with Gasteiger partial charge in [0.1, 0.15) is 5.69 Å². The van der Waals surface area contributed by atoms with Gasteiger partial charge < -0.3 is 9.80 Å². The molecule has 7 heteroatoms. The first kappa shape index (κ1) is 16.0. The molecule has 26 heavy (non-hydrogen) atoms. The van der Waals surface area contributed by atoms with E-state index in [2.05, 4.69) is 22.2 Å². The van der Waals surface area contributed by atoms with Gasteiger partial charge in [-0.2, -0.15) is 10.5 Å². The lowest BCUT2D eigenvalue weighted by atomic mass is 10.1. The van der Waals surface area contributed by atoms with Gasteiger partial charge in [0.2, 0.25) is 0 Å². The van der Waals surface area contributed by atoms with E-state index in [1.807, 2.05) is 24.0 Å². The van der Waals surface area contributed by atoms with E-state index in [-0.39, 0.29) is 18.0 Å². The first-order valence-corrected chi connectivity index (χ1v) is 8.44. The molecule has 2 atom stereocenters. The third kappa shape index (κ3) is 2.55. The van der Waals surface area contributed by atoms with Crippen molar-refractivity contribution in [1.29, 1.82) is 10.5 Å². The second-order valence-electron chi connectivity index (χ2n) is 6.67. The molecule has 1 amide bonds. The Bertz CT molecular complexity index is 973. The van der Waals surface area contributed by atoms with Crippen LogP contribution < -0.4 is 0 Å². The van der Waals surface area contributed by atoms with E-state index < -0.39 is 0 Å². The quantitative estimate of drug-likeness (QED) is 0.772. The van der Waals surface area contributed by atoms with Gasteiger partial charge >= 0.3 is 0 Å². The van der Waals surface area contributed by atoms with Gasteiger partial charge in [0.25, 0.3) is 5.91 Å². The molecule has 2 aliphatic rings. The molecule has 0 aliphatic carbocycles. The highest BCUT2D eigenvalue weighted by atomic mass is 16.2. The smallest absolute Gasteiger partial charge is 0.273 e. The van der Waals surface area contributed by atoms with Gasteiger partial charge in [0.15, 0.2) is 6.19 Å². The number of amides is 1. The van der Waals surface area contributed by atoms with Crippen molar-refractivity contribution >= 4 is 5.91 Å². The van der Waals surface area contributed by atoms with Gasteiger partial charge in [-0.25, -0.2) is 4.98 Å². The summed E-state index contributed by atoms with van der Waals surface area (Å²) in [7, 11) is 0. The molecular weight excluding hydrogens is 328 g/mol. The zero-order valence-corrected chi connectivity index (χ0v) is 14.3. The number of hydrogen-bond donors (Lipinski definition) is 0. The Balaban J connectivity index is 1.62. The number of nitrogens with zero attached hydrogens (tertiary/aromatic N) is 6. The van der Waals surface area contributed by atoms with E-state index in [0.717, 1.165) is 12.0 Å². The van der Waals surface area contributed by atoms with Gasteiger partial charge in [-0.15, -0.1) is 0 Å². The van der Waals surface area contributed by atoms with Crippen molar-refractivity contribution in [3.63, 3.8) is 0 Å². The van der Waals surface area contributed by atoms with Crippen LogP contribution in [0.4, 0.5) is 0 Å². The fourth-order valence-electron chi connectivity index (χ4n) is 3.64. The lowest BCUT2D eigenvalue weighted by molar-refractivity contribution is 0.0707. The molecule has 0 saturated carbocycles. The Labute approximate surface area is 151 Å². The van der Waals surface area contributed by atoms with E-state index in [1.54, 1.807) is 23.2 Å². The van der Waals surface area contributed by atoms with Crippen LogP contribution in [0.25, 0.3) is 11.4 Å². The summed E-state index contributed by atoms with van der Waals surface area (Å²) in [5, 5.41) is 18.2. The van der Waals surface area contributed by atoms with Crippen molar-refractivity contribution in [2.24, 2.45) is 0 Å². The third-order valence-corrected chi connectivity index (χ3v) is 5.06. The van der Waals surface area contributed by atoms with Crippen LogP contribution in [0.2, 0.25) is 0 Å². The van der Waals surface area contributed by atoms with Gasteiger partial charge in [-0.1, -0.05) is 6.07 Å². The molecule has 0 N–H and O–H groups in total. The number of carbonyl (C=O) groups excluding carboxylic acids is 1. The van der Waals surface area contributed by atoms with E-state index in [4.69, 9.17) is 5.26 Å². The predicted octanol–water partition coefficient (Wildman–Crippen LogP) is 1.91. The molecule has 0 spiro atoms. The number of hydrogen-bond acceptors (Lipinski definition) is 6. The zero-order chi connectivity index (χ0) is 18.3. The molecule has 128 valence electrons. The van der Waals surface area contributed by atoms with Crippen molar-refractivity contribution in [1.82, 2.24) is 19.8 Å². The minimum absolute atomic E-state index is 0.0230. The normalized spacial score (nSPS) is 21.4. The molecule has 2 aliphatic heterocycles. The standard InChI is InChI=1S/C19H16N6O/c1-12-6-15(10-24(12)11-21)25-9-14-2-3-16(23-18(14)19(25)26)17-7-13(8-20)4-5-22-17/h2-5,7,12,15H,6,9-10H2,1H3/t12-,15-/m1/s1. The topological polar surface area (TPSA) is 96.9 Å². The Morgan fingerprint density at radius 3 is 2.81 bits per heavy atom. The van der Waals surface area contributed by atoms with E-state index in [0.29, 0.717) is 35.7 Å². The van der Waals surface area contributed by atoms with Crippen LogP contribution in [0.1, 0.15) is 35.0 Å². The van der Waals surface area contributed by atoms with Gasteiger partial charge in [0, 0.05) is 30.9 Å². The van der Waals surface area contributed by atoms with Crippen LogP contribution in [0.15, 0.2) is 30.5 Å². The highest BCUT2D eigenvalue weighted by Crippen LogP contribution is 2.30. The average molecular weight is 344 g/mol. The van der Waals surface area contributed by atoms with Crippen LogP contribution in [0.3, 0.4) is 0 Å². The molecule has 0 unspecified atom stereocenters. The first-order chi connectivity index (χ1) is 12.6. The van der Waals surface area contributed by atoms with Gasteiger partial charge in [-0.3, -0.25) is 9.78 Å². The number of pyridine rings is 2. The molecule has 0 aromatic carbocycles. The van der Waals surface area contributed by atoms with Crippen LogP contribution in [-0.2, 0) is 6.54 Å². The molecule has 0 radical (unpaired) electrons. The van der Waals surface area contributed by atoms with Crippen molar-refractivity contribution in [2.45, 2.75) is 32.0 Å². The maximum absolute atomic E-state index is 12.9. The molecule has 1 fully saturated rings. The summed E-state index contributed by atoms with van der Waals surface area (Å²) in [6, 6.07) is 9.27. The summed E-state index contributed by atoms with van der Waals surface area (Å²) in [5.74, 6) is -0.102. The second-order valence-corrected chi connectivity index (χ2v) is 6.67. The zero-order valence-electron chi connectivity index (χ0n) is 14.3. The molecule has 2 aromatic heterocycles. The van der Waals surface area contributed by atoms with Crippen molar-refractivity contribution < 1.29 is 4.79 Å². The van der Waals surface area contributed by atoms with Gasteiger partial charge in [0.05, 0.1) is 29.1 Å². The average Bonchev–Trinajstić information content (AvgIpc) is 3.21. The summed E-state index contributed by atoms with van der Waals surface area (Å²) in [4.78, 5) is 25.2. The van der Waals surface area contributed by atoms with E-state index in [1.165, 1.54) is 0 Å². The van der Waals surface area contributed by atoms with Crippen LogP contribution in [0, 0.1) is 22.8 Å². The number of nitriles is 2. The molecule has 4 rings (SSSR count). The predicted molar refractivity (Wildman–Crippen MR) is 92.2 cm³/mol.